The molecule has 1 unspecified atom stereocenters. The number of carbonyl (C=O) groups is 1. The van der Waals surface area contributed by atoms with Crippen LogP contribution in [0.1, 0.15) is 54.9 Å². The van der Waals surface area contributed by atoms with Gasteiger partial charge in [-0.05, 0) is 61.1 Å². The summed E-state index contributed by atoms with van der Waals surface area (Å²) in [5, 5.41) is 22.8. The molecule has 0 spiro atoms. The Bertz CT molecular complexity index is 1590. The number of ketones is 1. The molecule has 0 amide bonds. The zero-order valence-corrected chi connectivity index (χ0v) is 24.5. The predicted molar refractivity (Wildman–Crippen MR) is 161 cm³/mol. The van der Waals surface area contributed by atoms with Gasteiger partial charge in [-0.3, -0.25) is 15.1 Å². The number of hydrogen-bond acceptors (Lipinski definition) is 3. The Kier molecular flexibility index (Phi) is 7.17. The van der Waals surface area contributed by atoms with Crippen molar-refractivity contribution in [2.45, 2.75) is 46.5 Å². The fraction of sp³-hybridized carbons (Fsp3) is 0.250. The minimum atomic E-state index is -0.752. The van der Waals surface area contributed by atoms with Gasteiger partial charge in [-0.25, -0.2) is 0 Å². The molecule has 7 heteroatoms. The van der Waals surface area contributed by atoms with E-state index in [0.717, 1.165) is 16.8 Å². The Morgan fingerprint density at radius 1 is 0.974 bits per heavy atom. The van der Waals surface area contributed by atoms with E-state index in [2.05, 4.69) is 13.8 Å². The lowest BCUT2D eigenvalue weighted by Crippen LogP contribution is -2.45. The molecule has 0 aromatic heterocycles. The number of rotatable bonds is 3. The van der Waals surface area contributed by atoms with E-state index in [4.69, 9.17) is 34.8 Å². The molecule has 3 aromatic rings. The summed E-state index contributed by atoms with van der Waals surface area (Å²) in [6.07, 6.45) is 0.893. The van der Waals surface area contributed by atoms with Crippen molar-refractivity contribution in [2.75, 3.05) is 4.90 Å². The van der Waals surface area contributed by atoms with E-state index in [-0.39, 0.29) is 22.8 Å². The van der Waals surface area contributed by atoms with Gasteiger partial charge in [0.15, 0.2) is 5.78 Å². The normalized spacial score (nSPS) is 20.3. The maximum Gasteiger partial charge on any atom is 0.162 e. The van der Waals surface area contributed by atoms with Crippen LogP contribution in [-0.4, -0.2) is 16.7 Å². The summed E-state index contributed by atoms with van der Waals surface area (Å²) >= 11 is 19.5. The summed E-state index contributed by atoms with van der Waals surface area (Å²) in [6, 6.07) is 18.1. The minimum absolute atomic E-state index is 0.0383. The number of anilines is 1. The number of amidine groups is 1. The molecule has 4 nitrogen and oxygen atoms in total. The second kappa shape index (κ2) is 10.2. The van der Waals surface area contributed by atoms with Gasteiger partial charge in [0.2, 0.25) is 0 Å². The topological polar surface area (TPSA) is 64.4 Å². The molecule has 1 aliphatic carbocycles. The molecule has 0 saturated heterocycles. The van der Waals surface area contributed by atoms with E-state index < -0.39 is 5.92 Å². The Labute approximate surface area is 244 Å². The first-order valence-corrected chi connectivity index (χ1v) is 13.9. The smallest absolute Gasteiger partial charge is 0.162 e. The largest absolute Gasteiger partial charge is 0.507 e. The van der Waals surface area contributed by atoms with E-state index in [1.54, 1.807) is 29.2 Å². The lowest BCUT2D eigenvalue weighted by atomic mass is 9.67. The lowest BCUT2D eigenvalue weighted by molar-refractivity contribution is -0.118. The molecule has 0 radical (unpaired) electrons. The van der Waals surface area contributed by atoms with E-state index in [0.29, 0.717) is 55.9 Å². The number of benzene rings is 3. The summed E-state index contributed by atoms with van der Waals surface area (Å²) < 4.78 is 0. The SMILES string of the molecule is Cc1ccc(C(O)=C2C(=N)N(c3cccc(Cl)c3C)C3=C(C(=O)CC(C)(C)C3)C2c2ccc(Cl)cc2Cl)cc1. The predicted octanol–water partition coefficient (Wildman–Crippen LogP) is 9.46. The maximum absolute atomic E-state index is 14.0. The maximum atomic E-state index is 14.0. The molecule has 1 heterocycles. The highest BCUT2D eigenvalue weighted by molar-refractivity contribution is 6.35. The number of allylic oxidation sites excluding steroid dienone is 2. The van der Waals surface area contributed by atoms with Gasteiger partial charge in [-0.15, -0.1) is 0 Å². The van der Waals surface area contributed by atoms with Crippen LogP contribution in [-0.2, 0) is 4.79 Å². The van der Waals surface area contributed by atoms with Crippen LogP contribution in [0.25, 0.3) is 5.76 Å². The molecule has 0 saturated carbocycles. The molecule has 1 aliphatic heterocycles. The van der Waals surface area contributed by atoms with Crippen molar-refractivity contribution in [3.05, 3.63) is 115 Å². The standard InChI is InChI=1S/C32H29Cl3N2O2/c1-17-8-10-19(11-9-17)30(39)29-27(21-13-12-20(33)14-23(21)35)28-25(15-32(3,4)16-26(28)38)37(31(29)36)24-7-5-6-22(34)18(24)2/h5-14,27,36,39H,15-16H2,1-4H3. The number of carbonyl (C=O) groups excluding carboxylic acids is 1. The van der Waals surface area contributed by atoms with Crippen molar-refractivity contribution in [3.8, 4) is 0 Å². The lowest BCUT2D eigenvalue weighted by Gasteiger charge is -2.45. The number of hydrogen-bond donors (Lipinski definition) is 2. The average molecular weight is 580 g/mol. The Morgan fingerprint density at radius 3 is 2.33 bits per heavy atom. The molecule has 2 N–H and O–H groups in total. The summed E-state index contributed by atoms with van der Waals surface area (Å²) in [5.41, 5.74) is 4.91. The third-order valence-electron chi connectivity index (χ3n) is 7.56. The van der Waals surface area contributed by atoms with E-state index in [1.807, 2.05) is 50.2 Å². The summed E-state index contributed by atoms with van der Waals surface area (Å²) in [4.78, 5) is 15.8. The summed E-state index contributed by atoms with van der Waals surface area (Å²) in [6.45, 7) is 7.98. The van der Waals surface area contributed by atoms with Crippen LogP contribution in [0.15, 0.2) is 77.5 Å². The Morgan fingerprint density at radius 2 is 1.67 bits per heavy atom. The van der Waals surface area contributed by atoms with E-state index >= 15 is 0 Å². The van der Waals surface area contributed by atoms with Gasteiger partial charge in [-0.1, -0.05) is 90.6 Å². The zero-order valence-electron chi connectivity index (χ0n) is 22.2. The first-order chi connectivity index (χ1) is 18.4. The van der Waals surface area contributed by atoms with Crippen molar-refractivity contribution in [2.24, 2.45) is 5.41 Å². The molecular weight excluding hydrogens is 551 g/mol. The molecule has 3 aromatic carbocycles. The number of aliphatic hydroxyl groups excluding tert-OH is 1. The molecular formula is C32H29Cl3N2O2. The summed E-state index contributed by atoms with van der Waals surface area (Å²) in [5.74, 6) is -0.801. The summed E-state index contributed by atoms with van der Waals surface area (Å²) in [7, 11) is 0. The fourth-order valence-corrected chi connectivity index (χ4v) is 6.32. The van der Waals surface area contributed by atoms with Gasteiger partial charge in [-0.2, -0.15) is 0 Å². The number of aryl methyl sites for hydroxylation is 1. The van der Waals surface area contributed by atoms with Gasteiger partial charge in [0, 0.05) is 49.8 Å². The van der Waals surface area contributed by atoms with Crippen molar-refractivity contribution < 1.29 is 9.90 Å². The van der Waals surface area contributed by atoms with Gasteiger partial charge >= 0.3 is 0 Å². The third kappa shape index (κ3) is 4.91. The fourth-order valence-electron chi connectivity index (χ4n) is 5.63. The molecule has 200 valence electrons. The van der Waals surface area contributed by atoms with Crippen molar-refractivity contribution >= 4 is 57.9 Å². The number of Topliss-reactive ketones (excluding diaryl/α,β-unsaturated/α-hetero) is 1. The number of nitrogens with one attached hydrogen (secondary N) is 1. The van der Waals surface area contributed by atoms with E-state index in [1.165, 1.54) is 0 Å². The van der Waals surface area contributed by atoms with Crippen LogP contribution in [0.3, 0.4) is 0 Å². The van der Waals surface area contributed by atoms with Crippen molar-refractivity contribution in [3.63, 3.8) is 0 Å². The van der Waals surface area contributed by atoms with Crippen molar-refractivity contribution in [1.29, 1.82) is 5.41 Å². The highest BCUT2D eigenvalue weighted by Crippen LogP contribution is 2.53. The number of nitrogens with zero attached hydrogens (tertiary/aromatic N) is 1. The van der Waals surface area contributed by atoms with Crippen LogP contribution < -0.4 is 4.90 Å². The quantitative estimate of drug-likeness (QED) is 0.304. The minimum Gasteiger partial charge on any atom is -0.507 e. The zero-order chi connectivity index (χ0) is 28.2. The van der Waals surface area contributed by atoms with E-state index in [9.17, 15) is 15.3 Å². The Hall–Kier alpha value is -3.05. The molecule has 2 aliphatic rings. The molecule has 0 bridgehead atoms. The van der Waals surface area contributed by atoms with Crippen LogP contribution in [0.2, 0.25) is 15.1 Å². The van der Waals surface area contributed by atoms with Crippen LogP contribution in [0.5, 0.6) is 0 Å². The Balaban J connectivity index is 1.90. The number of aliphatic hydroxyl groups is 1. The van der Waals surface area contributed by atoms with Gasteiger partial charge in [0.25, 0.3) is 0 Å². The highest BCUT2D eigenvalue weighted by Gasteiger charge is 2.47. The second-order valence-corrected chi connectivity index (χ2v) is 12.3. The average Bonchev–Trinajstić information content (AvgIpc) is 2.85. The third-order valence-corrected chi connectivity index (χ3v) is 8.53. The first kappa shape index (κ1) is 27.5. The van der Waals surface area contributed by atoms with Gasteiger partial charge in [0.1, 0.15) is 11.6 Å². The van der Waals surface area contributed by atoms with Crippen LogP contribution in [0.4, 0.5) is 5.69 Å². The van der Waals surface area contributed by atoms with Crippen LogP contribution in [0, 0.1) is 24.7 Å². The number of halogens is 3. The van der Waals surface area contributed by atoms with Gasteiger partial charge in [0.05, 0.1) is 5.69 Å². The van der Waals surface area contributed by atoms with Gasteiger partial charge < -0.3 is 5.11 Å². The first-order valence-electron chi connectivity index (χ1n) is 12.7. The molecule has 1 atom stereocenters. The monoisotopic (exact) mass is 578 g/mol. The molecule has 39 heavy (non-hydrogen) atoms. The van der Waals surface area contributed by atoms with Crippen LogP contribution >= 0.6 is 34.8 Å². The van der Waals surface area contributed by atoms with Crippen molar-refractivity contribution in [1.82, 2.24) is 0 Å². The molecule has 0 fully saturated rings. The second-order valence-electron chi connectivity index (χ2n) is 11.1. The highest BCUT2D eigenvalue weighted by atomic mass is 35.5. The molecule has 5 rings (SSSR count).